The molecule has 0 aliphatic heterocycles. The van der Waals surface area contributed by atoms with Gasteiger partial charge in [0.05, 0.1) is 7.11 Å². The number of rotatable bonds is 4. The molecule has 0 spiro atoms. The van der Waals surface area contributed by atoms with E-state index in [1.807, 2.05) is 0 Å². The van der Waals surface area contributed by atoms with Gasteiger partial charge in [-0.3, -0.25) is 9.36 Å². The topological polar surface area (TPSA) is 95.1 Å². The number of hydrogen-bond acceptors (Lipinski definition) is 5. The van der Waals surface area contributed by atoms with Crippen molar-refractivity contribution >= 4 is 23.0 Å². The lowest BCUT2D eigenvalue weighted by Crippen LogP contribution is -2.29. The molecule has 0 radical (unpaired) electrons. The minimum atomic E-state index is -0.0712. The number of aromatic nitrogens is 3. The van der Waals surface area contributed by atoms with E-state index in [1.54, 1.807) is 16.7 Å². The molecule has 1 amide bonds. The van der Waals surface area contributed by atoms with Gasteiger partial charge in [-0.1, -0.05) is 0 Å². The molecule has 0 aromatic carbocycles. The van der Waals surface area contributed by atoms with E-state index in [-0.39, 0.29) is 18.4 Å². The van der Waals surface area contributed by atoms with Crippen LogP contribution in [0.15, 0.2) is 12.1 Å². The highest BCUT2D eigenvalue weighted by Crippen LogP contribution is 2.21. The second-order valence-electron chi connectivity index (χ2n) is 4.59. The average molecular weight is 261 g/mol. The number of ether oxygens (including phenoxy) is 1. The van der Waals surface area contributed by atoms with E-state index in [0.29, 0.717) is 23.1 Å². The molecule has 0 unspecified atom stereocenters. The first kappa shape index (κ1) is 11.8. The zero-order valence-electron chi connectivity index (χ0n) is 10.6. The number of nitrogens with two attached hydrogens (primary N) is 1. The monoisotopic (exact) mass is 261 g/mol. The maximum Gasteiger partial charge on any atom is 0.240 e. The first-order chi connectivity index (χ1) is 9.17. The highest BCUT2D eigenvalue weighted by atomic mass is 16.5. The van der Waals surface area contributed by atoms with Crippen molar-refractivity contribution in [3.8, 4) is 5.88 Å². The van der Waals surface area contributed by atoms with Crippen molar-refractivity contribution in [3.63, 3.8) is 0 Å². The van der Waals surface area contributed by atoms with Crippen LogP contribution < -0.4 is 15.8 Å². The quantitative estimate of drug-likeness (QED) is 0.825. The number of carbonyl (C=O) groups is 1. The second kappa shape index (κ2) is 4.42. The summed E-state index contributed by atoms with van der Waals surface area (Å²) in [6.07, 6.45) is 2.11. The van der Waals surface area contributed by atoms with Gasteiger partial charge in [-0.2, -0.15) is 4.98 Å². The molecule has 1 saturated carbocycles. The van der Waals surface area contributed by atoms with Crippen LogP contribution in [0.3, 0.4) is 0 Å². The van der Waals surface area contributed by atoms with Crippen molar-refractivity contribution in [2.75, 3.05) is 12.8 Å². The molecule has 7 nitrogen and oxygen atoms in total. The third-order valence-electron chi connectivity index (χ3n) is 3.05. The van der Waals surface area contributed by atoms with Gasteiger partial charge in [-0.15, -0.1) is 0 Å². The molecule has 0 bridgehead atoms. The van der Waals surface area contributed by atoms with Crippen LogP contribution in [0.5, 0.6) is 5.88 Å². The number of carbonyl (C=O) groups excluding carboxylic acids is 1. The number of amides is 1. The fourth-order valence-corrected chi connectivity index (χ4v) is 1.92. The van der Waals surface area contributed by atoms with Crippen LogP contribution in [0.25, 0.3) is 11.2 Å². The third-order valence-corrected chi connectivity index (χ3v) is 3.05. The number of pyridine rings is 1. The molecule has 3 N–H and O–H groups in total. The van der Waals surface area contributed by atoms with E-state index >= 15 is 0 Å². The van der Waals surface area contributed by atoms with Crippen LogP contribution in [0.2, 0.25) is 0 Å². The fraction of sp³-hybridized carbons (Fsp3) is 0.417. The summed E-state index contributed by atoms with van der Waals surface area (Å²) in [7, 11) is 1.54. The number of imidazole rings is 1. The van der Waals surface area contributed by atoms with E-state index in [2.05, 4.69) is 15.3 Å². The molecule has 2 aromatic heterocycles. The highest BCUT2D eigenvalue weighted by Gasteiger charge is 2.24. The maximum atomic E-state index is 11.8. The summed E-state index contributed by atoms with van der Waals surface area (Å²) < 4.78 is 6.67. The van der Waals surface area contributed by atoms with Gasteiger partial charge in [0.2, 0.25) is 17.7 Å². The van der Waals surface area contributed by atoms with Crippen molar-refractivity contribution in [3.05, 3.63) is 12.1 Å². The van der Waals surface area contributed by atoms with E-state index < -0.39 is 0 Å². The van der Waals surface area contributed by atoms with E-state index in [1.165, 1.54) is 7.11 Å². The summed E-state index contributed by atoms with van der Waals surface area (Å²) in [4.78, 5) is 20.3. The second-order valence-corrected chi connectivity index (χ2v) is 4.59. The van der Waals surface area contributed by atoms with Crippen LogP contribution in [-0.2, 0) is 11.3 Å². The highest BCUT2D eigenvalue weighted by molar-refractivity contribution is 5.81. The third kappa shape index (κ3) is 2.31. The van der Waals surface area contributed by atoms with Gasteiger partial charge in [-0.05, 0) is 18.9 Å². The Morgan fingerprint density at radius 3 is 3.00 bits per heavy atom. The Bertz CT molecular complexity index is 632. The Kier molecular flexibility index (Phi) is 2.73. The average Bonchev–Trinajstić information content (AvgIpc) is 3.15. The van der Waals surface area contributed by atoms with Gasteiger partial charge >= 0.3 is 0 Å². The number of nitrogens with one attached hydrogen (secondary N) is 1. The van der Waals surface area contributed by atoms with Gasteiger partial charge < -0.3 is 15.8 Å². The van der Waals surface area contributed by atoms with Crippen LogP contribution in [-0.4, -0.2) is 33.6 Å². The number of hydrogen-bond donors (Lipinski definition) is 2. The van der Waals surface area contributed by atoms with Gasteiger partial charge in [0.25, 0.3) is 0 Å². The lowest BCUT2D eigenvalue weighted by molar-refractivity contribution is -0.121. The molecule has 0 saturated heterocycles. The molecule has 2 aromatic rings. The Morgan fingerprint density at radius 1 is 1.53 bits per heavy atom. The molecule has 2 heterocycles. The molecule has 1 aliphatic rings. The Hall–Kier alpha value is -2.31. The summed E-state index contributed by atoms with van der Waals surface area (Å²) >= 11 is 0. The van der Waals surface area contributed by atoms with Crippen molar-refractivity contribution in [1.29, 1.82) is 0 Å². The van der Waals surface area contributed by atoms with E-state index in [0.717, 1.165) is 12.8 Å². The summed E-state index contributed by atoms with van der Waals surface area (Å²) in [6, 6.07) is 3.81. The maximum absolute atomic E-state index is 11.8. The normalized spacial score (nSPS) is 14.6. The molecular formula is C12H15N5O2. The zero-order valence-corrected chi connectivity index (χ0v) is 10.6. The smallest absolute Gasteiger partial charge is 0.240 e. The number of nitrogen functional groups attached to an aromatic ring is 1. The molecular weight excluding hydrogens is 246 g/mol. The predicted octanol–water partition coefficient (Wildman–Crippen LogP) is 0.301. The summed E-state index contributed by atoms with van der Waals surface area (Å²) in [5.41, 5.74) is 7.04. The largest absolute Gasteiger partial charge is 0.481 e. The van der Waals surface area contributed by atoms with E-state index in [9.17, 15) is 4.79 Å². The Balaban J connectivity index is 1.91. The molecule has 7 heteroatoms. The zero-order chi connectivity index (χ0) is 13.4. The van der Waals surface area contributed by atoms with Crippen molar-refractivity contribution < 1.29 is 9.53 Å². The summed E-state index contributed by atoms with van der Waals surface area (Å²) in [5, 5.41) is 2.91. The standard InChI is InChI=1S/C12H15N5O2/c1-19-10-5-4-8-11(16-10)17(12(13)15-8)6-9(18)14-7-2-3-7/h4-5,7H,2-3,6H2,1H3,(H2,13,15)(H,14,18). The van der Waals surface area contributed by atoms with Crippen molar-refractivity contribution in [2.45, 2.75) is 25.4 Å². The number of fused-ring (bicyclic) bond motifs is 1. The van der Waals surface area contributed by atoms with Crippen LogP contribution in [0, 0.1) is 0 Å². The van der Waals surface area contributed by atoms with E-state index in [4.69, 9.17) is 10.5 Å². The number of methoxy groups -OCH3 is 1. The van der Waals surface area contributed by atoms with Gasteiger partial charge in [0.15, 0.2) is 5.65 Å². The summed E-state index contributed by atoms with van der Waals surface area (Å²) in [5.74, 6) is 0.677. The number of nitrogens with zero attached hydrogens (tertiary/aromatic N) is 3. The molecule has 3 rings (SSSR count). The molecule has 19 heavy (non-hydrogen) atoms. The van der Waals surface area contributed by atoms with Gasteiger partial charge in [0, 0.05) is 12.1 Å². The lowest BCUT2D eigenvalue weighted by Gasteiger charge is -2.07. The van der Waals surface area contributed by atoms with Gasteiger partial charge in [0.1, 0.15) is 12.1 Å². The van der Waals surface area contributed by atoms with Crippen molar-refractivity contribution in [2.24, 2.45) is 0 Å². The number of anilines is 1. The fourth-order valence-electron chi connectivity index (χ4n) is 1.92. The molecule has 0 atom stereocenters. The van der Waals surface area contributed by atoms with Crippen LogP contribution >= 0.6 is 0 Å². The molecule has 1 fully saturated rings. The van der Waals surface area contributed by atoms with Crippen molar-refractivity contribution in [1.82, 2.24) is 19.9 Å². The predicted molar refractivity (Wildman–Crippen MR) is 69.7 cm³/mol. The van der Waals surface area contributed by atoms with Crippen LogP contribution in [0.4, 0.5) is 5.95 Å². The van der Waals surface area contributed by atoms with Crippen LogP contribution in [0.1, 0.15) is 12.8 Å². The lowest BCUT2D eigenvalue weighted by atomic mass is 10.4. The SMILES string of the molecule is COc1ccc2nc(N)n(CC(=O)NC3CC3)c2n1. The van der Waals surface area contributed by atoms with Gasteiger partial charge in [-0.25, -0.2) is 4.98 Å². The Morgan fingerprint density at radius 2 is 2.32 bits per heavy atom. The minimum absolute atomic E-state index is 0.0712. The molecule has 1 aliphatic carbocycles. The summed E-state index contributed by atoms with van der Waals surface area (Å²) in [6.45, 7) is 0.124. The minimum Gasteiger partial charge on any atom is -0.481 e. The first-order valence-electron chi connectivity index (χ1n) is 6.13. The first-order valence-corrected chi connectivity index (χ1v) is 6.13. The molecule has 100 valence electrons. The Labute approximate surface area is 109 Å².